The molecule has 156 valence electrons. The van der Waals surface area contributed by atoms with Crippen molar-refractivity contribution in [3.05, 3.63) is 70.1 Å². The first kappa shape index (κ1) is 20.5. The molecule has 30 heavy (non-hydrogen) atoms. The number of benzene rings is 1. The molecule has 3 heterocycles. The van der Waals surface area contributed by atoms with Crippen LogP contribution in [0.3, 0.4) is 0 Å². The monoisotopic (exact) mass is 423 g/mol. The fraction of sp³-hybridized carbons (Fsp3) is 0.304. The van der Waals surface area contributed by atoms with Crippen molar-refractivity contribution in [2.75, 3.05) is 19.8 Å². The minimum absolute atomic E-state index is 0.147. The molecule has 0 aliphatic rings. The molecule has 1 atom stereocenters. The summed E-state index contributed by atoms with van der Waals surface area (Å²) in [6, 6.07) is 13.9. The van der Waals surface area contributed by atoms with Gasteiger partial charge in [-0.15, -0.1) is 11.3 Å². The Bertz CT molecular complexity index is 1160. The Balaban J connectivity index is 1.60. The number of thiophene rings is 1. The van der Waals surface area contributed by atoms with Crippen LogP contribution in [0.5, 0.6) is 0 Å². The second-order valence-electron chi connectivity index (χ2n) is 6.99. The predicted octanol–water partition coefficient (Wildman–Crippen LogP) is 4.92. The van der Waals surface area contributed by atoms with Crippen LogP contribution in [0.15, 0.2) is 58.8 Å². The van der Waals surface area contributed by atoms with Crippen LogP contribution in [0.2, 0.25) is 0 Å². The largest absolute Gasteiger partial charge is 0.382 e. The zero-order valence-electron chi connectivity index (χ0n) is 17.1. The highest BCUT2D eigenvalue weighted by molar-refractivity contribution is 7.14. The first-order valence-electron chi connectivity index (χ1n) is 10.1. The average Bonchev–Trinajstić information content (AvgIpc) is 3.41. The van der Waals surface area contributed by atoms with E-state index in [0.29, 0.717) is 31.2 Å². The normalized spacial score (nSPS) is 12.5. The van der Waals surface area contributed by atoms with Gasteiger partial charge in [-0.1, -0.05) is 30.3 Å². The Morgan fingerprint density at radius 2 is 2.00 bits per heavy atom. The third kappa shape index (κ3) is 4.38. The van der Waals surface area contributed by atoms with Crippen LogP contribution in [0, 0.1) is 0 Å². The zero-order valence-corrected chi connectivity index (χ0v) is 17.9. The quantitative estimate of drug-likeness (QED) is 0.388. The molecule has 0 radical (unpaired) electrons. The molecule has 7 heteroatoms. The fourth-order valence-electron chi connectivity index (χ4n) is 3.30. The van der Waals surface area contributed by atoms with E-state index in [9.17, 15) is 4.79 Å². The number of ether oxygens (including phenoxy) is 2. The lowest BCUT2D eigenvalue weighted by Gasteiger charge is -2.12. The minimum Gasteiger partial charge on any atom is -0.382 e. The number of nitrogens with one attached hydrogen (secondary N) is 1. The maximum atomic E-state index is 12.6. The topological polar surface area (TPSA) is 68.6 Å². The Morgan fingerprint density at radius 3 is 2.80 bits per heavy atom. The van der Waals surface area contributed by atoms with Gasteiger partial charge in [0.05, 0.1) is 17.4 Å². The van der Waals surface area contributed by atoms with Crippen molar-refractivity contribution in [3.8, 4) is 21.6 Å². The van der Waals surface area contributed by atoms with Crippen LogP contribution < -0.4 is 5.56 Å². The number of aromatic amines is 1. The van der Waals surface area contributed by atoms with Gasteiger partial charge in [-0.25, -0.2) is 9.50 Å². The van der Waals surface area contributed by atoms with E-state index in [1.807, 2.05) is 38.2 Å². The lowest BCUT2D eigenvalue weighted by molar-refractivity contribution is 0.0418. The van der Waals surface area contributed by atoms with Gasteiger partial charge in [0, 0.05) is 37.0 Å². The summed E-state index contributed by atoms with van der Waals surface area (Å²) in [6.07, 6.45) is 2.38. The maximum absolute atomic E-state index is 12.6. The second-order valence-corrected chi connectivity index (χ2v) is 7.91. The molecule has 6 nitrogen and oxygen atoms in total. The third-order valence-electron chi connectivity index (χ3n) is 4.91. The first-order valence-corrected chi connectivity index (χ1v) is 11.0. The molecule has 0 saturated carbocycles. The van der Waals surface area contributed by atoms with Crippen LogP contribution in [-0.2, 0) is 9.47 Å². The Hall–Kier alpha value is -2.74. The number of aromatic nitrogens is 3. The van der Waals surface area contributed by atoms with Gasteiger partial charge in [0.2, 0.25) is 0 Å². The Labute approximate surface area is 179 Å². The molecular formula is C23H25N3O3S. The standard InChI is InChI=1S/C23H25N3O3S/c1-3-28-10-7-11-29-16(2)20-13-22(27)26-23(25-20)19(14-24-26)21-12-18(15-30-21)17-8-5-4-6-9-17/h4-6,8-9,12-16,24H,3,7,10-11H2,1-2H3. The summed E-state index contributed by atoms with van der Waals surface area (Å²) in [5, 5.41) is 5.15. The average molecular weight is 424 g/mol. The summed E-state index contributed by atoms with van der Waals surface area (Å²) in [5.74, 6) is 0. The van der Waals surface area contributed by atoms with E-state index in [-0.39, 0.29) is 11.7 Å². The summed E-state index contributed by atoms with van der Waals surface area (Å²) >= 11 is 1.64. The molecule has 3 aromatic heterocycles. The minimum atomic E-state index is -0.268. The van der Waals surface area contributed by atoms with Gasteiger partial charge in [-0.3, -0.25) is 9.89 Å². The molecule has 4 aromatic rings. The number of H-pyrrole nitrogens is 1. The van der Waals surface area contributed by atoms with Crippen LogP contribution >= 0.6 is 11.3 Å². The van der Waals surface area contributed by atoms with Gasteiger partial charge in [-0.2, -0.15) is 0 Å². The maximum Gasteiger partial charge on any atom is 0.273 e. The number of rotatable bonds is 9. The van der Waals surface area contributed by atoms with E-state index in [2.05, 4.69) is 28.7 Å². The summed E-state index contributed by atoms with van der Waals surface area (Å²) < 4.78 is 12.7. The molecule has 1 aromatic carbocycles. The van der Waals surface area contributed by atoms with Crippen molar-refractivity contribution in [3.63, 3.8) is 0 Å². The molecule has 1 N–H and O–H groups in total. The molecule has 0 aliphatic heterocycles. The third-order valence-corrected chi connectivity index (χ3v) is 5.87. The van der Waals surface area contributed by atoms with E-state index in [1.54, 1.807) is 11.3 Å². The predicted molar refractivity (Wildman–Crippen MR) is 120 cm³/mol. The van der Waals surface area contributed by atoms with Gasteiger partial charge < -0.3 is 9.47 Å². The summed E-state index contributed by atoms with van der Waals surface area (Å²) in [7, 11) is 0. The highest BCUT2D eigenvalue weighted by Crippen LogP contribution is 2.34. The second kappa shape index (κ2) is 9.38. The van der Waals surface area contributed by atoms with E-state index < -0.39 is 0 Å². The smallest absolute Gasteiger partial charge is 0.273 e. The van der Waals surface area contributed by atoms with Crippen molar-refractivity contribution < 1.29 is 9.47 Å². The number of hydrogen-bond acceptors (Lipinski definition) is 5. The van der Waals surface area contributed by atoms with E-state index >= 15 is 0 Å². The van der Waals surface area contributed by atoms with Crippen LogP contribution in [0.25, 0.3) is 27.2 Å². The van der Waals surface area contributed by atoms with Gasteiger partial charge in [0.25, 0.3) is 5.56 Å². The lowest BCUT2D eigenvalue weighted by Crippen LogP contribution is -2.17. The molecular weight excluding hydrogens is 398 g/mol. The molecule has 1 unspecified atom stereocenters. The molecule has 0 saturated heterocycles. The zero-order chi connectivity index (χ0) is 20.9. The summed E-state index contributed by atoms with van der Waals surface area (Å²) in [4.78, 5) is 18.4. The van der Waals surface area contributed by atoms with Crippen LogP contribution in [0.1, 0.15) is 32.1 Å². The van der Waals surface area contributed by atoms with Crippen molar-refractivity contribution in [1.29, 1.82) is 0 Å². The van der Waals surface area contributed by atoms with Crippen molar-refractivity contribution >= 4 is 17.0 Å². The van der Waals surface area contributed by atoms with E-state index in [4.69, 9.17) is 14.5 Å². The highest BCUT2D eigenvalue weighted by atomic mass is 32.1. The Morgan fingerprint density at radius 1 is 1.17 bits per heavy atom. The van der Waals surface area contributed by atoms with Crippen molar-refractivity contribution in [2.24, 2.45) is 0 Å². The van der Waals surface area contributed by atoms with Gasteiger partial charge in [0.1, 0.15) is 0 Å². The van der Waals surface area contributed by atoms with Crippen LogP contribution in [-0.4, -0.2) is 34.4 Å². The molecule has 0 fully saturated rings. The van der Waals surface area contributed by atoms with E-state index in [1.165, 1.54) is 16.1 Å². The van der Waals surface area contributed by atoms with Crippen molar-refractivity contribution in [2.45, 2.75) is 26.4 Å². The number of fused-ring (bicyclic) bond motifs is 1. The van der Waals surface area contributed by atoms with Gasteiger partial charge in [-0.05, 0) is 42.8 Å². The van der Waals surface area contributed by atoms with Gasteiger partial charge >= 0.3 is 0 Å². The number of hydrogen-bond donors (Lipinski definition) is 1. The Kier molecular flexibility index (Phi) is 6.42. The van der Waals surface area contributed by atoms with E-state index in [0.717, 1.165) is 22.4 Å². The molecule has 0 spiro atoms. The molecule has 0 amide bonds. The van der Waals surface area contributed by atoms with Crippen LogP contribution in [0.4, 0.5) is 0 Å². The summed E-state index contributed by atoms with van der Waals surface area (Å²) in [6.45, 7) is 5.83. The molecule has 0 aliphatic carbocycles. The molecule has 4 rings (SSSR count). The lowest BCUT2D eigenvalue weighted by atomic mass is 10.1. The molecule has 0 bridgehead atoms. The van der Waals surface area contributed by atoms with Gasteiger partial charge in [0.15, 0.2) is 5.65 Å². The number of nitrogens with zero attached hydrogens (tertiary/aromatic N) is 2. The summed E-state index contributed by atoms with van der Waals surface area (Å²) in [5.41, 5.74) is 4.33. The fourth-order valence-corrected chi connectivity index (χ4v) is 4.23. The first-order chi connectivity index (χ1) is 14.7. The highest BCUT2D eigenvalue weighted by Gasteiger charge is 2.16. The van der Waals surface area contributed by atoms with Crippen molar-refractivity contribution in [1.82, 2.24) is 14.6 Å². The SMILES string of the molecule is CCOCCCOC(C)c1cc(=O)n2[nH]cc(-c3cc(-c4ccccc4)cs3)c2n1.